The van der Waals surface area contributed by atoms with E-state index in [4.69, 9.17) is 28.2 Å². The summed E-state index contributed by atoms with van der Waals surface area (Å²) < 4.78 is 3.07. The van der Waals surface area contributed by atoms with Crippen LogP contribution in [0.2, 0.25) is 10.0 Å². The summed E-state index contributed by atoms with van der Waals surface area (Å²) >= 11 is 14.0. The highest BCUT2D eigenvalue weighted by atomic mass is 35.5. The smallest absolute Gasteiger partial charge is 0.261 e. The van der Waals surface area contributed by atoms with Crippen molar-refractivity contribution >= 4 is 55.8 Å². The molecule has 0 fully saturated rings. The van der Waals surface area contributed by atoms with Gasteiger partial charge in [-0.3, -0.25) is 9.69 Å². The fourth-order valence-electron chi connectivity index (χ4n) is 3.40. The van der Waals surface area contributed by atoms with Gasteiger partial charge in [-0.2, -0.15) is 0 Å². The highest BCUT2D eigenvalue weighted by molar-refractivity contribution is 7.22. The maximum absolute atomic E-state index is 13.5. The van der Waals surface area contributed by atoms with E-state index in [1.807, 2.05) is 23.8 Å². The lowest BCUT2D eigenvalue weighted by atomic mass is 10.1. The highest BCUT2D eigenvalue weighted by Gasteiger charge is 2.23. The number of thiazole rings is 1. The number of nitrogens with zero attached hydrogens (tertiary/aromatic N) is 4. The van der Waals surface area contributed by atoms with Crippen LogP contribution >= 0.6 is 34.5 Å². The minimum Gasteiger partial charge on any atom is -0.337 e. The van der Waals surface area contributed by atoms with Crippen LogP contribution in [0.25, 0.3) is 10.2 Å². The molecule has 2 aromatic heterocycles. The Hall–Kier alpha value is -2.41. The van der Waals surface area contributed by atoms with E-state index in [2.05, 4.69) is 18.0 Å². The normalized spacial score (nSPS) is 11.2. The number of carbonyl (C=O) groups is 1. The first kappa shape index (κ1) is 20.8. The van der Waals surface area contributed by atoms with Gasteiger partial charge in [0.15, 0.2) is 5.13 Å². The highest BCUT2D eigenvalue weighted by Crippen LogP contribution is 2.34. The molecule has 2 heterocycles. The summed E-state index contributed by atoms with van der Waals surface area (Å²) in [5, 5.41) is 1.50. The molecule has 5 nitrogen and oxygen atoms in total. The molecule has 0 N–H and O–H groups in total. The molecule has 0 radical (unpaired) electrons. The van der Waals surface area contributed by atoms with Gasteiger partial charge in [0, 0.05) is 30.5 Å². The Kier molecular flexibility index (Phi) is 6.09. The zero-order valence-corrected chi connectivity index (χ0v) is 18.9. The molecular formula is C22H20Cl2N4OS. The third-order valence-corrected chi connectivity index (χ3v) is 6.60. The van der Waals surface area contributed by atoms with E-state index in [0.29, 0.717) is 27.3 Å². The van der Waals surface area contributed by atoms with Crippen molar-refractivity contribution in [2.75, 3.05) is 11.4 Å². The monoisotopic (exact) mass is 458 g/mol. The summed E-state index contributed by atoms with van der Waals surface area (Å²) in [6.07, 6.45) is 6.16. The van der Waals surface area contributed by atoms with Crippen LogP contribution in [-0.4, -0.2) is 27.0 Å². The first-order chi connectivity index (χ1) is 14.4. The first-order valence-corrected chi connectivity index (χ1v) is 11.1. The maximum Gasteiger partial charge on any atom is 0.261 e. The molecule has 0 unspecified atom stereocenters. The fraction of sp³-hybridized carbons (Fsp3) is 0.227. The van der Waals surface area contributed by atoms with Gasteiger partial charge < -0.3 is 4.57 Å². The van der Waals surface area contributed by atoms with Gasteiger partial charge in [0.2, 0.25) is 0 Å². The van der Waals surface area contributed by atoms with Gasteiger partial charge in [-0.15, -0.1) is 0 Å². The Morgan fingerprint density at radius 1 is 1.20 bits per heavy atom. The van der Waals surface area contributed by atoms with Crippen molar-refractivity contribution in [1.82, 2.24) is 14.5 Å². The van der Waals surface area contributed by atoms with E-state index in [1.54, 1.807) is 35.6 Å². The zero-order chi connectivity index (χ0) is 21.3. The Balaban J connectivity index is 1.70. The molecule has 2 aromatic carbocycles. The average Bonchev–Trinajstić information content (AvgIpc) is 3.36. The molecule has 30 heavy (non-hydrogen) atoms. The second kappa shape index (κ2) is 8.76. The molecule has 4 aromatic rings. The number of aryl methyl sites for hydroxylation is 3. The Bertz CT molecular complexity index is 1200. The lowest BCUT2D eigenvalue weighted by molar-refractivity contribution is 0.0986. The molecule has 8 heteroatoms. The zero-order valence-electron chi connectivity index (χ0n) is 16.6. The third-order valence-electron chi connectivity index (χ3n) is 4.80. The van der Waals surface area contributed by atoms with Crippen LogP contribution in [0.15, 0.2) is 49.1 Å². The number of aromatic nitrogens is 3. The fourth-order valence-corrected chi connectivity index (χ4v) is 4.81. The molecule has 0 bridgehead atoms. The maximum atomic E-state index is 13.5. The number of fused-ring (bicyclic) bond motifs is 1. The van der Waals surface area contributed by atoms with Gasteiger partial charge in [-0.25, -0.2) is 9.97 Å². The van der Waals surface area contributed by atoms with Crippen molar-refractivity contribution in [3.8, 4) is 0 Å². The molecule has 0 aliphatic carbocycles. The second-order valence-electron chi connectivity index (χ2n) is 7.16. The molecular weight excluding hydrogens is 439 g/mol. The summed E-state index contributed by atoms with van der Waals surface area (Å²) in [5.41, 5.74) is 3.57. The quantitative estimate of drug-likeness (QED) is 0.347. The van der Waals surface area contributed by atoms with Crippen molar-refractivity contribution in [3.63, 3.8) is 0 Å². The number of hydrogen-bond acceptors (Lipinski definition) is 4. The molecule has 0 aliphatic heterocycles. The molecule has 0 atom stereocenters. The summed E-state index contributed by atoms with van der Waals surface area (Å²) in [5.74, 6) is -0.207. The minimum atomic E-state index is -0.207. The summed E-state index contributed by atoms with van der Waals surface area (Å²) in [4.78, 5) is 24.0. The number of imidazole rings is 1. The molecule has 0 saturated heterocycles. The summed E-state index contributed by atoms with van der Waals surface area (Å²) in [6.45, 7) is 5.36. The van der Waals surface area contributed by atoms with E-state index >= 15 is 0 Å². The van der Waals surface area contributed by atoms with Gasteiger partial charge in [-0.05, 0) is 55.7 Å². The number of amides is 1. The SMILES string of the molecule is Cc1cc(C)c2sc(N(CCCn3ccnc3)C(=O)c3cc(Cl)ccc3Cl)nc2c1. The van der Waals surface area contributed by atoms with Crippen LogP contribution in [-0.2, 0) is 6.54 Å². The van der Waals surface area contributed by atoms with Gasteiger partial charge in [-0.1, -0.05) is 40.6 Å². The molecule has 154 valence electrons. The van der Waals surface area contributed by atoms with Gasteiger partial charge >= 0.3 is 0 Å². The van der Waals surface area contributed by atoms with Crippen LogP contribution in [0.5, 0.6) is 0 Å². The van der Waals surface area contributed by atoms with E-state index in [0.717, 1.165) is 34.3 Å². The Labute approximate surface area is 188 Å². The van der Waals surface area contributed by atoms with Gasteiger partial charge in [0.25, 0.3) is 5.91 Å². The van der Waals surface area contributed by atoms with Crippen molar-refractivity contribution < 1.29 is 4.79 Å². The molecule has 1 amide bonds. The number of hydrogen-bond donors (Lipinski definition) is 0. The molecule has 0 aliphatic rings. The van der Waals surface area contributed by atoms with E-state index in [1.165, 1.54) is 11.3 Å². The number of benzene rings is 2. The van der Waals surface area contributed by atoms with Crippen LogP contribution in [0, 0.1) is 13.8 Å². The Morgan fingerprint density at radius 2 is 2.03 bits per heavy atom. The summed E-state index contributed by atoms with van der Waals surface area (Å²) in [7, 11) is 0. The van der Waals surface area contributed by atoms with Crippen LogP contribution in [0.3, 0.4) is 0 Å². The number of rotatable bonds is 6. The second-order valence-corrected chi connectivity index (χ2v) is 8.98. The topological polar surface area (TPSA) is 51.0 Å². The summed E-state index contributed by atoms with van der Waals surface area (Å²) in [6, 6.07) is 9.10. The Morgan fingerprint density at radius 3 is 2.80 bits per heavy atom. The number of anilines is 1. The lowest BCUT2D eigenvalue weighted by Crippen LogP contribution is -2.32. The van der Waals surface area contributed by atoms with Crippen molar-refractivity contribution in [2.45, 2.75) is 26.8 Å². The van der Waals surface area contributed by atoms with Crippen LogP contribution in [0.4, 0.5) is 5.13 Å². The van der Waals surface area contributed by atoms with Crippen molar-refractivity contribution in [2.24, 2.45) is 0 Å². The predicted octanol–water partition coefficient (Wildman–Crippen LogP) is 6.15. The number of carbonyl (C=O) groups excluding carboxylic acids is 1. The standard InChI is InChI=1S/C22H20Cl2N4OS/c1-14-10-15(2)20-19(11-14)26-22(30-20)28(8-3-7-27-9-6-25-13-27)21(29)17-12-16(23)4-5-18(17)24/h4-6,9-13H,3,7-8H2,1-2H3. The number of halogens is 2. The minimum absolute atomic E-state index is 0.207. The third kappa shape index (κ3) is 4.36. The van der Waals surface area contributed by atoms with Gasteiger partial charge in [0.1, 0.15) is 0 Å². The van der Waals surface area contributed by atoms with Crippen molar-refractivity contribution in [1.29, 1.82) is 0 Å². The van der Waals surface area contributed by atoms with E-state index < -0.39 is 0 Å². The van der Waals surface area contributed by atoms with Crippen LogP contribution < -0.4 is 4.90 Å². The molecule has 0 spiro atoms. The average molecular weight is 459 g/mol. The van der Waals surface area contributed by atoms with E-state index in [-0.39, 0.29) is 5.91 Å². The molecule has 0 saturated carbocycles. The molecule has 4 rings (SSSR count). The predicted molar refractivity (Wildman–Crippen MR) is 124 cm³/mol. The largest absolute Gasteiger partial charge is 0.337 e. The first-order valence-electron chi connectivity index (χ1n) is 9.53. The van der Waals surface area contributed by atoms with Crippen molar-refractivity contribution in [3.05, 3.63) is 75.8 Å². The van der Waals surface area contributed by atoms with E-state index in [9.17, 15) is 4.79 Å². The van der Waals surface area contributed by atoms with Crippen LogP contribution in [0.1, 0.15) is 27.9 Å². The van der Waals surface area contributed by atoms with Gasteiger partial charge in [0.05, 0.1) is 27.1 Å². The lowest BCUT2D eigenvalue weighted by Gasteiger charge is -2.20.